The maximum absolute atomic E-state index is 9.12. The van der Waals surface area contributed by atoms with Gasteiger partial charge in [-0.15, -0.1) is 0 Å². The normalized spacial score (nSPS) is 25.6. The average molecular weight is 258 g/mol. The molecule has 1 saturated carbocycles. The molecule has 1 fully saturated rings. The molecule has 0 aromatic carbocycles. The maximum Gasteiger partial charge on any atom is 0.131 e. The van der Waals surface area contributed by atoms with E-state index in [4.69, 9.17) is 5.11 Å². The Balaban J connectivity index is 2.02. The molecule has 0 aliphatic heterocycles. The number of anilines is 1. The van der Waals surface area contributed by atoms with Gasteiger partial charge in [0.2, 0.25) is 0 Å². The second kappa shape index (κ2) is 3.82. The van der Waals surface area contributed by atoms with Gasteiger partial charge in [0.05, 0.1) is 6.10 Å². The lowest BCUT2D eigenvalue weighted by Crippen LogP contribution is -2.39. The fourth-order valence-electron chi connectivity index (χ4n) is 1.52. The van der Waals surface area contributed by atoms with Gasteiger partial charge in [-0.25, -0.2) is 9.97 Å². The third-order valence-corrected chi connectivity index (χ3v) is 2.68. The molecule has 0 bridgehead atoms. The Labute approximate surface area is 90.9 Å². The molecule has 14 heavy (non-hydrogen) atoms. The van der Waals surface area contributed by atoms with Crippen LogP contribution >= 0.6 is 15.9 Å². The van der Waals surface area contributed by atoms with Crippen LogP contribution in [0.25, 0.3) is 0 Å². The quantitative estimate of drug-likeness (QED) is 0.789. The molecule has 0 unspecified atom stereocenters. The largest absolute Gasteiger partial charge is 0.393 e. The lowest BCUT2D eigenvalue weighted by Gasteiger charge is -2.32. The van der Waals surface area contributed by atoms with Gasteiger partial charge in [-0.3, -0.25) is 0 Å². The van der Waals surface area contributed by atoms with Gasteiger partial charge in [0.15, 0.2) is 0 Å². The van der Waals surface area contributed by atoms with Gasteiger partial charge in [-0.05, 0) is 35.7 Å². The molecule has 1 aliphatic carbocycles. The van der Waals surface area contributed by atoms with Crippen LogP contribution in [0.5, 0.6) is 0 Å². The summed E-state index contributed by atoms with van der Waals surface area (Å²) in [7, 11) is 0. The molecule has 0 atom stereocenters. The van der Waals surface area contributed by atoms with Crippen molar-refractivity contribution in [1.29, 1.82) is 0 Å². The van der Waals surface area contributed by atoms with Crippen LogP contribution in [0.15, 0.2) is 10.7 Å². The molecule has 1 aromatic heterocycles. The van der Waals surface area contributed by atoms with Crippen molar-refractivity contribution in [3.63, 3.8) is 0 Å². The minimum absolute atomic E-state index is 0.140. The maximum atomic E-state index is 9.12. The monoisotopic (exact) mass is 257 g/mol. The minimum atomic E-state index is -0.140. The number of hydrogen-bond donors (Lipinski definition) is 2. The number of nitrogens with one attached hydrogen (secondary N) is 1. The van der Waals surface area contributed by atoms with Crippen LogP contribution in [0, 0.1) is 6.92 Å². The predicted molar refractivity (Wildman–Crippen MR) is 57.1 cm³/mol. The second-order valence-electron chi connectivity index (χ2n) is 3.59. The van der Waals surface area contributed by atoms with E-state index in [1.54, 1.807) is 0 Å². The lowest BCUT2D eigenvalue weighted by molar-refractivity contribution is 0.0835. The number of aromatic nitrogens is 2. The minimum Gasteiger partial charge on any atom is -0.393 e. The summed E-state index contributed by atoms with van der Waals surface area (Å²) >= 11 is 3.31. The van der Waals surface area contributed by atoms with Gasteiger partial charge >= 0.3 is 0 Å². The standard InChI is InChI=1S/C9H12BrN3O/c1-5-11-8(10)4-9(12-5)13-6-2-7(14)3-6/h4,6-7,14H,2-3H2,1H3,(H,11,12,13). The van der Waals surface area contributed by atoms with Crippen molar-refractivity contribution in [3.8, 4) is 0 Å². The first-order chi connectivity index (χ1) is 6.63. The summed E-state index contributed by atoms with van der Waals surface area (Å²) in [5.41, 5.74) is 0. The number of aryl methyl sites for hydroxylation is 1. The van der Waals surface area contributed by atoms with Gasteiger partial charge < -0.3 is 10.4 Å². The summed E-state index contributed by atoms with van der Waals surface area (Å²) in [6.07, 6.45) is 1.47. The number of aliphatic hydroxyl groups is 1. The number of halogens is 1. The van der Waals surface area contributed by atoms with Crippen molar-refractivity contribution in [3.05, 3.63) is 16.5 Å². The number of hydrogen-bond acceptors (Lipinski definition) is 4. The van der Waals surface area contributed by atoms with Crippen molar-refractivity contribution in [2.75, 3.05) is 5.32 Å². The molecule has 4 nitrogen and oxygen atoms in total. The van der Waals surface area contributed by atoms with Crippen LogP contribution in [-0.4, -0.2) is 27.2 Å². The zero-order valence-electron chi connectivity index (χ0n) is 7.87. The van der Waals surface area contributed by atoms with Crippen LogP contribution in [0.3, 0.4) is 0 Å². The molecule has 76 valence electrons. The van der Waals surface area contributed by atoms with E-state index in [2.05, 4.69) is 31.2 Å². The highest BCUT2D eigenvalue weighted by Crippen LogP contribution is 2.23. The van der Waals surface area contributed by atoms with E-state index < -0.39 is 0 Å². The first kappa shape index (κ1) is 9.86. The Morgan fingerprint density at radius 1 is 1.50 bits per heavy atom. The van der Waals surface area contributed by atoms with Crippen molar-refractivity contribution in [2.45, 2.75) is 31.9 Å². The van der Waals surface area contributed by atoms with Crippen LogP contribution in [0.1, 0.15) is 18.7 Å². The third-order valence-electron chi connectivity index (χ3n) is 2.27. The summed E-state index contributed by atoms with van der Waals surface area (Å²) in [6.45, 7) is 1.85. The SMILES string of the molecule is Cc1nc(Br)cc(NC2CC(O)C2)n1. The zero-order valence-corrected chi connectivity index (χ0v) is 9.45. The Hall–Kier alpha value is -0.680. The Morgan fingerprint density at radius 2 is 2.21 bits per heavy atom. The Morgan fingerprint density at radius 3 is 2.79 bits per heavy atom. The topological polar surface area (TPSA) is 58.0 Å². The number of aliphatic hydroxyl groups excluding tert-OH is 1. The van der Waals surface area contributed by atoms with E-state index in [0.717, 1.165) is 29.1 Å². The van der Waals surface area contributed by atoms with E-state index in [0.29, 0.717) is 6.04 Å². The smallest absolute Gasteiger partial charge is 0.131 e. The molecule has 5 heteroatoms. The van der Waals surface area contributed by atoms with Crippen LogP contribution in [0.4, 0.5) is 5.82 Å². The molecular formula is C9H12BrN3O. The highest BCUT2D eigenvalue weighted by atomic mass is 79.9. The van der Waals surface area contributed by atoms with E-state index in [1.165, 1.54) is 0 Å². The van der Waals surface area contributed by atoms with E-state index >= 15 is 0 Å². The first-order valence-corrected chi connectivity index (χ1v) is 5.38. The van der Waals surface area contributed by atoms with E-state index in [1.807, 2.05) is 13.0 Å². The summed E-state index contributed by atoms with van der Waals surface area (Å²) in [4.78, 5) is 8.36. The molecule has 1 heterocycles. The molecule has 0 spiro atoms. The highest BCUT2D eigenvalue weighted by molar-refractivity contribution is 9.10. The van der Waals surface area contributed by atoms with Crippen molar-refractivity contribution >= 4 is 21.7 Å². The van der Waals surface area contributed by atoms with Gasteiger partial charge in [0.1, 0.15) is 16.2 Å². The lowest BCUT2D eigenvalue weighted by atomic mass is 9.89. The molecule has 1 aliphatic rings. The number of nitrogens with zero attached hydrogens (tertiary/aromatic N) is 2. The Kier molecular flexibility index (Phi) is 2.69. The van der Waals surface area contributed by atoms with Gasteiger partial charge in [-0.1, -0.05) is 0 Å². The molecule has 2 rings (SSSR count). The summed E-state index contributed by atoms with van der Waals surface area (Å²) < 4.78 is 0.785. The first-order valence-electron chi connectivity index (χ1n) is 4.59. The summed E-state index contributed by atoms with van der Waals surface area (Å²) in [5.74, 6) is 1.56. The zero-order chi connectivity index (χ0) is 10.1. The van der Waals surface area contributed by atoms with Crippen LogP contribution < -0.4 is 5.32 Å². The van der Waals surface area contributed by atoms with Gasteiger partial charge in [0.25, 0.3) is 0 Å². The van der Waals surface area contributed by atoms with Crippen molar-refractivity contribution in [2.24, 2.45) is 0 Å². The Bertz CT molecular complexity index is 319. The van der Waals surface area contributed by atoms with Gasteiger partial charge in [-0.2, -0.15) is 0 Å². The number of rotatable bonds is 2. The van der Waals surface area contributed by atoms with Crippen LogP contribution in [-0.2, 0) is 0 Å². The molecule has 0 amide bonds. The van der Waals surface area contributed by atoms with Crippen LogP contribution in [0.2, 0.25) is 0 Å². The molecule has 0 saturated heterocycles. The van der Waals surface area contributed by atoms with Crippen molar-refractivity contribution < 1.29 is 5.11 Å². The van der Waals surface area contributed by atoms with E-state index in [9.17, 15) is 0 Å². The average Bonchev–Trinajstić information content (AvgIpc) is 1.99. The molecular weight excluding hydrogens is 246 g/mol. The molecule has 1 aromatic rings. The van der Waals surface area contributed by atoms with Crippen molar-refractivity contribution in [1.82, 2.24) is 9.97 Å². The molecule has 0 radical (unpaired) electrons. The summed E-state index contributed by atoms with van der Waals surface area (Å²) in [6, 6.07) is 2.20. The fraction of sp³-hybridized carbons (Fsp3) is 0.556. The van der Waals surface area contributed by atoms with E-state index in [-0.39, 0.29) is 6.10 Å². The molecule has 2 N–H and O–H groups in total. The predicted octanol–water partition coefficient (Wildman–Crippen LogP) is 1.48. The fourth-order valence-corrected chi connectivity index (χ4v) is 1.99. The summed E-state index contributed by atoms with van der Waals surface area (Å²) in [5, 5.41) is 12.4. The second-order valence-corrected chi connectivity index (χ2v) is 4.40. The highest BCUT2D eigenvalue weighted by Gasteiger charge is 2.27. The third kappa shape index (κ3) is 2.22. The van der Waals surface area contributed by atoms with Gasteiger partial charge in [0, 0.05) is 12.1 Å².